The molecule has 11 heteroatoms. The third-order valence-corrected chi connectivity index (χ3v) is 4.59. The summed E-state index contributed by atoms with van der Waals surface area (Å²) in [6.07, 6.45) is -0.841. The predicted molar refractivity (Wildman–Crippen MR) is 88.9 cm³/mol. The zero-order chi connectivity index (χ0) is 19.7. The van der Waals surface area contributed by atoms with Gasteiger partial charge in [-0.15, -0.1) is 0 Å². The van der Waals surface area contributed by atoms with Crippen molar-refractivity contribution in [3.8, 4) is 0 Å². The largest absolute Gasteiger partial charge is 0.416 e. The Morgan fingerprint density at radius 3 is 2.67 bits per heavy atom. The highest BCUT2D eigenvalue weighted by Gasteiger charge is 2.36. The van der Waals surface area contributed by atoms with Crippen LogP contribution in [0.1, 0.15) is 43.0 Å². The van der Waals surface area contributed by atoms with Crippen LogP contribution in [0.4, 0.5) is 24.5 Å². The Balaban J connectivity index is 1.65. The quantitative estimate of drug-likeness (QED) is 0.578. The molecular formula is C16H18F3N5O3. The van der Waals surface area contributed by atoms with Gasteiger partial charge in [0.15, 0.2) is 5.82 Å². The topological polar surface area (TPSA) is 120 Å². The van der Waals surface area contributed by atoms with Crippen molar-refractivity contribution in [3.05, 3.63) is 45.6 Å². The first kappa shape index (κ1) is 19.1. The maximum atomic E-state index is 12.7. The summed E-state index contributed by atoms with van der Waals surface area (Å²) in [6, 6.07) is 2.33. The number of hydrogen-bond acceptors (Lipinski definition) is 7. The highest BCUT2D eigenvalue weighted by Crippen LogP contribution is 2.35. The molecule has 0 bridgehead atoms. The molecule has 1 aliphatic rings. The van der Waals surface area contributed by atoms with Crippen LogP contribution in [0.5, 0.6) is 0 Å². The molecule has 0 radical (unpaired) electrons. The maximum absolute atomic E-state index is 12.7. The molecule has 8 nitrogen and oxygen atoms in total. The zero-order valence-electron chi connectivity index (χ0n) is 14.3. The minimum absolute atomic E-state index is 0.0150. The van der Waals surface area contributed by atoms with Crippen LogP contribution < -0.4 is 11.1 Å². The smallest absolute Gasteiger partial charge is 0.379 e. The first-order valence-electron chi connectivity index (χ1n) is 8.40. The monoisotopic (exact) mass is 385 g/mol. The summed E-state index contributed by atoms with van der Waals surface area (Å²) in [5.74, 6) is 0.749. The molecule has 0 aliphatic heterocycles. The van der Waals surface area contributed by atoms with Gasteiger partial charge in [-0.3, -0.25) is 10.1 Å². The van der Waals surface area contributed by atoms with Crippen LogP contribution in [-0.2, 0) is 18.1 Å². The van der Waals surface area contributed by atoms with E-state index in [4.69, 9.17) is 10.3 Å². The summed E-state index contributed by atoms with van der Waals surface area (Å²) in [5, 5.41) is 17.7. The number of aromatic nitrogens is 2. The van der Waals surface area contributed by atoms with Gasteiger partial charge < -0.3 is 15.6 Å². The molecule has 1 saturated carbocycles. The van der Waals surface area contributed by atoms with E-state index in [2.05, 4.69) is 15.5 Å². The van der Waals surface area contributed by atoms with Crippen LogP contribution in [0.15, 0.2) is 22.7 Å². The first-order valence-corrected chi connectivity index (χ1v) is 8.40. The molecular weight excluding hydrogens is 367 g/mol. The predicted octanol–water partition coefficient (Wildman–Crippen LogP) is 3.38. The fourth-order valence-corrected chi connectivity index (χ4v) is 3.10. The molecule has 0 amide bonds. The number of nitrogens with one attached hydrogen (secondary N) is 1. The summed E-state index contributed by atoms with van der Waals surface area (Å²) in [6.45, 7) is 0.172. The maximum Gasteiger partial charge on any atom is 0.416 e. The molecule has 1 heterocycles. The van der Waals surface area contributed by atoms with Gasteiger partial charge in [-0.25, -0.2) is 0 Å². The second-order valence-electron chi connectivity index (χ2n) is 6.54. The van der Waals surface area contributed by atoms with Gasteiger partial charge >= 0.3 is 6.18 Å². The van der Waals surface area contributed by atoms with Gasteiger partial charge in [0.2, 0.25) is 5.89 Å². The molecule has 1 aromatic heterocycles. The standard InChI is InChI=1S/C16H18F3N5O3/c17-16(18,19)10-3-4-11(12(9-10)24(25)26)21-8-5-13-22-14(23-27-13)15(20)6-1-2-7-15/h3-4,9,21H,1-2,5-8,20H2. The molecule has 3 rings (SSSR count). The van der Waals surface area contributed by atoms with Crippen LogP contribution >= 0.6 is 0 Å². The lowest BCUT2D eigenvalue weighted by molar-refractivity contribution is -0.384. The lowest BCUT2D eigenvalue weighted by Crippen LogP contribution is -2.34. The van der Waals surface area contributed by atoms with E-state index in [1.165, 1.54) is 0 Å². The Kier molecular flexibility index (Phi) is 5.05. The lowest BCUT2D eigenvalue weighted by Gasteiger charge is -2.17. The third kappa shape index (κ3) is 4.18. The molecule has 1 aromatic carbocycles. The average Bonchev–Trinajstić information content (AvgIpc) is 3.24. The van der Waals surface area contributed by atoms with Crippen LogP contribution in [0.2, 0.25) is 0 Å². The molecule has 1 aliphatic carbocycles. The molecule has 0 saturated heterocycles. The van der Waals surface area contributed by atoms with Gasteiger partial charge in [0, 0.05) is 19.0 Å². The first-order chi connectivity index (χ1) is 12.7. The van der Waals surface area contributed by atoms with E-state index >= 15 is 0 Å². The number of benzene rings is 1. The molecule has 0 atom stereocenters. The molecule has 0 unspecified atom stereocenters. The molecule has 0 spiro atoms. The molecule has 146 valence electrons. The normalized spacial score (nSPS) is 16.4. The summed E-state index contributed by atoms with van der Waals surface area (Å²) in [7, 11) is 0. The van der Waals surface area contributed by atoms with E-state index in [0.29, 0.717) is 17.8 Å². The van der Waals surface area contributed by atoms with E-state index in [0.717, 1.165) is 37.8 Å². The van der Waals surface area contributed by atoms with Gasteiger partial charge in [-0.1, -0.05) is 18.0 Å². The summed E-state index contributed by atoms with van der Waals surface area (Å²) >= 11 is 0. The Bertz CT molecular complexity index is 831. The van der Waals surface area contributed by atoms with Crippen molar-refractivity contribution in [2.75, 3.05) is 11.9 Å². The highest BCUT2D eigenvalue weighted by atomic mass is 19.4. The number of rotatable bonds is 6. The van der Waals surface area contributed by atoms with Gasteiger partial charge in [-0.05, 0) is 25.0 Å². The Morgan fingerprint density at radius 2 is 2.04 bits per heavy atom. The number of alkyl halides is 3. The van der Waals surface area contributed by atoms with E-state index in [1.54, 1.807) is 0 Å². The molecule has 27 heavy (non-hydrogen) atoms. The van der Waals surface area contributed by atoms with Gasteiger partial charge in [0.1, 0.15) is 5.69 Å². The molecule has 1 fully saturated rings. The van der Waals surface area contributed by atoms with Crippen LogP contribution in [0.25, 0.3) is 0 Å². The zero-order valence-corrected chi connectivity index (χ0v) is 14.3. The Labute approximate surface area is 152 Å². The number of anilines is 1. The van der Waals surface area contributed by atoms with Crippen molar-refractivity contribution >= 4 is 11.4 Å². The third-order valence-electron chi connectivity index (χ3n) is 4.59. The van der Waals surface area contributed by atoms with Crippen molar-refractivity contribution in [2.24, 2.45) is 5.73 Å². The Hall–Kier alpha value is -2.69. The van der Waals surface area contributed by atoms with Gasteiger partial charge in [-0.2, -0.15) is 18.2 Å². The minimum atomic E-state index is -4.65. The van der Waals surface area contributed by atoms with Crippen LogP contribution in [0, 0.1) is 10.1 Å². The number of nitrogens with two attached hydrogens (primary N) is 1. The fourth-order valence-electron chi connectivity index (χ4n) is 3.10. The molecule has 2 aromatic rings. The fraction of sp³-hybridized carbons (Fsp3) is 0.500. The number of halogens is 3. The van der Waals surface area contributed by atoms with Crippen LogP contribution in [0.3, 0.4) is 0 Å². The molecule has 3 N–H and O–H groups in total. The number of nitro benzene ring substituents is 1. The minimum Gasteiger partial charge on any atom is -0.379 e. The average molecular weight is 385 g/mol. The van der Waals surface area contributed by atoms with Gasteiger partial charge in [0.05, 0.1) is 16.0 Å². The Morgan fingerprint density at radius 1 is 1.33 bits per heavy atom. The number of nitrogens with zero attached hydrogens (tertiary/aromatic N) is 3. The van der Waals surface area contributed by atoms with Crippen LogP contribution in [-0.4, -0.2) is 21.6 Å². The highest BCUT2D eigenvalue weighted by molar-refractivity contribution is 5.62. The number of hydrogen-bond donors (Lipinski definition) is 2. The van der Waals surface area contributed by atoms with E-state index in [1.807, 2.05) is 0 Å². The number of nitro groups is 1. The van der Waals surface area contributed by atoms with Crippen molar-refractivity contribution < 1.29 is 22.6 Å². The second kappa shape index (κ2) is 7.14. The summed E-state index contributed by atoms with van der Waals surface area (Å²) in [4.78, 5) is 14.5. The second-order valence-corrected chi connectivity index (χ2v) is 6.54. The van der Waals surface area contributed by atoms with Crippen molar-refractivity contribution in [1.82, 2.24) is 10.1 Å². The van der Waals surface area contributed by atoms with Gasteiger partial charge in [0.25, 0.3) is 5.69 Å². The van der Waals surface area contributed by atoms with E-state index in [9.17, 15) is 23.3 Å². The van der Waals surface area contributed by atoms with E-state index < -0.39 is 27.9 Å². The summed E-state index contributed by atoms with van der Waals surface area (Å²) < 4.78 is 43.3. The SMILES string of the molecule is NC1(c2noc(CCNc3ccc(C(F)(F)F)cc3[N+](=O)[O-])n2)CCCC1. The van der Waals surface area contributed by atoms with Crippen molar-refractivity contribution in [2.45, 2.75) is 43.8 Å². The van der Waals surface area contributed by atoms with Crippen molar-refractivity contribution in [1.29, 1.82) is 0 Å². The summed E-state index contributed by atoms with van der Waals surface area (Å²) in [5.41, 5.74) is 3.92. The van der Waals surface area contributed by atoms with Crippen molar-refractivity contribution in [3.63, 3.8) is 0 Å². The van der Waals surface area contributed by atoms with E-state index in [-0.39, 0.29) is 18.7 Å². The lowest BCUT2D eigenvalue weighted by atomic mass is 9.99.